The van der Waals surface area contributed by atoms with E-state index < -0.39 is 0 Å². The molecule has 3 heterocycles. The number of nitrogens with one attached hydrogen (secondary N) is 1. The van der Waals surface area contributed by atoms with Crippen LogP contribution in [0.3, 0.4) is 0 Å². The van der Waals surface area contributed by atoms with Gasteiger partial charge in [-0.3, -0.25) is 0 Å². The van der Waals surface area contributed by atoms with E-state index in [0.29, 0.717) is 16.8 Å². The third-order valence-corrected chi connectivity index (χ3v) is 4.57. The Morgan fingerprint density at radius 3 is 3.04 bits per heavy atom. The third-order valence-electron chi connectivity index (χ3n) is 4.27. The lowest BCUT2D eigenvalue weighted by Gasteiger charge is -2.35. The number of pyridine rings is 2. The first-order valence-electron chi connectivity index (χ1n) is 8.19. The standard InChI is InChI=1S/C18H23ClN4O/c1-18(2)9-12(6-7-24-18)10-22-17-5-3-4-15(23-17)13-8-16(20)21-11-14(13)19/h3-5,8,11-12H,6-7,9-10H2,1-2H3,(H2,20,21)(H,22,23)/t12-/m0/s1. The Hall–Kier alpha value is -1.85. The van der Waals surface area contributed by atoms with Gasteiger partial charge in [-0.25, -0.2) is 9.97 Å². The van der Waals surface area contributed by atoms with E-state index in [1.807, 2.05) is 18.2 Å². The fourth-order valence-corrected chi connectivity index (χ4v) is 3.32. The molecule has 1 aliphatic heterocycles. The lowest BCUT2D eigenvalue weighted by Crippen LogP contribution is -2.36. The number of rotatable bonds is 4. The molecule has 0 spiro atoms. The fourth-order valence-electron chi connectivity index (χ4n) is 3.12. The maximum Gasteiger partial charge on any atom is 0.126 e. The lowest BCUT2D eigenvalue weighted by molar-refractivity contribution is -0.0699. The van der Waals surface area contributed by atoms with Crippen LogP contribution in [0.5, 0.6) is 0 Å². The van der Waals surface area contributed by atoms with Gasteiger partial charge < -0.3 is 15.8 Å². The van der Waals surface area contributed by atoms with Gasteiger partial charge in [0.1, 0.15) is 11.6 Å². The number of nitrogen functional groups attached to an aromatic ring is 1. The molecule has 3 rings (SSSR count). The van der Waals surface area contributed by atoms with Crippen LogP contribution in [0, 0.1) is 5.92 Å². The predicted molar refractivity (Wildman–Crippen MR) is 98.1 cm³/mol. The molecular formula is C18H23ClN4O. The molecule has 6 heteroatoms. The molecule has 1 aliphatic rings. The molecule has 1 fully saturated rings. The molecule has 128 valence electrons. The minimum Gasteiger partial charge on any atom is -0.384 e. The van der Waals surface area contributed by atoms with Gasteiger partial charge in [0.2, 0.25) is 0 Å². The molecule has 0 saturated carbocycles. The van der Waals surface area contributed by atoms with Gasteiger partial charge in [-0.2, -0.15) is 0 Å². The third kappa shape index (κ3) is 4.16. The minimum atomic E-state index is -0.0397. The summed E-state index contributed by atoms with van der Waals surface area (Å²) >= 11 is 6.22. The molecule has 24 heavy (non-hydrogen) atoms. The summed E-state index contributed by atoms with van der Waals surface area (Å²) < 4.78 is 5.77. The number of anilines is 2. The SMILES string of the molecule is CC1(C)C[C@@H](CNc2cccc(-c3cc(N)ncc3Cl)n2)CCO1. The Bertz CT molecular complexity index is 720. The molecular weight excluding hydrogens is 324 g/mol. The summed E-state index contributed by atoms with van der Waals surface area (Å²) in [6, 6.07) is 7.59. The molecule has 3 N–H and O–H groups in total. The Labute approximate surface area is 147 Å². The number of hydrogen-bond donors (Lipinski definition) is 2. The molecule has 0 aliphatic carbocycles. The molecule has 0 bridgehead atoms. The van der Waals surface area contributed by atoms with Crippen LogP contribution in [0.4, 0.5) is 11.6 Å². The highest BCUT2D eigenvalue weighted by molar-refractivity contribution is 6.33. The number of nitrogens with zero attached hydrogens (tertiary/aromatic N) is 2. The van der Waals surface area contributed by atoms with Gasteiger partial charge >= 0.3 is 0 Å². The van der Waals surface area contributed by atoms with Crippen molar-refractivity contribution in [2.45, 2.75) is 32.3 Å². The highest BCUT2D eigenvalue weighted by Crippen LogP contribution is 2.30. The molecule has 1 saturated heterocycles. The zero-order chi connectivity index (χ0) is 17.2. The second kappa shape index (κ2) is 6.95. The van der Waals surface area contributed by atoms with Gasteiger partial charge in [0, 0.05) is 24.9 Å². The van der Waals surface area contributed by atoms with Crippen LogP contribution >= 0.6 is 11.6 Å². The Morgan fingerprint density at radius 2 is 2.25 bits per heavy atom. The van der Waals surface area contributed by atoms with Crippen LogP contribution in [-0.2, 0) is 4.74 Å². The summed E-state index contributed by atoms with van der Waals surface area (Å²) in [6.07, 6.45) is 3.67. The molecule has 1 atom stereocenters. The van der Waals surface area contributed by atoms with Gasteiger partial charge in [-0.05, 0) is 50.8 Å². The van der Waals surface area contributed by atoms with Crippen LogP contribution in [-0.4, -0.2) is 28.7 Å². The van der Waals surface area contributed by atoms with Crippen molar-refractivity contribution >= 4 is 23.2 Å². The molecule has 0 radical (unpaired) electrons. The molecule has 0 amide bonds. The van der Waals surface area contributed by atoms with Crippen molar-refractivity contribution in [3.8, 4) is 11.3 Å². The predicted octanol–water partition coefficient (Wildman–Crippen LogP) is 4.00. The van der Waals surface area contributed by atoms with Crippen molar-refractivity contribution in [1.29, 1.82) is 0 Å². The monoisotopic (exact) mass is 346 g/mol. The average Bonchev–Trinajstić information content (AvgIpc) is 2.55. The Balaban J connectivity index is 1.71. The van der Waals surface area contributed by atoms with E-state index >= 15 is 0 Å². The van der Waals surface area contributed by atoms with E-state index in [0.717, 1.165) is 43.1 Å². The fraction of sp³-hybridized carbons (Fsp3) is 0.444. The van der Waals surface area contributed by atoms with Crippen LogP contribution in [0.25, 0.3) is 11.3 Å². The van der Waals surface area contributed by atoms with E-state index in [1.54, 1.807) is 12.3 Å². The molecule has 2 aromatic rings. The number of ether oxygens (including phenoxy) is 1. The van der Waals surface area contributed by atoms with E-state index in [-0.39, 0.29) is 5.60 Å². The number of halogens is 1. The molecule has 5 nitrogen and oxygen atoms in total. The smallest absolute Gasteiger partial charge is 0.126 e. The number of nitrogens with two attached hydrogens (primary N) is 1. The first kappa shape index (κ1) is 17.0. The van der Waals surface area contributed by atoms with Crippen molar-refractivity contribution in [2.24, 2.45) is 5.92 Å². The maximum absolute atomic E-state index is 6.22. The van der Waals surface area contributed by atoms with Gasteiger partial charge in [-0.1, -0.05) is 17.7 Å². The van der Waals surface area contributed by atoms with Crippen molar-refractivity contribution in [3.63, 3.8) is 0 Å². The van der Waals surface area contributed by atoms with Crippen molar-refractivity contribution in [1.82, 2.24) is 9.97 Å². The second-order valence-electron chi connectivity index (χ2n) is 6.84. The first-order chi connectivity index (χ1) is 11.4. The van der Waals surface area contributed by atoms with Gasteiger partial charge in [0.25, 0.3) is 0 Å². The first-order valence-corrected chi connectivity index (χ1v) is 8.57. The van der Waals surface area contributed by atoms with Crippen molar-refractivity contribution in [3.05, 3.63) is 35.5 Å². The maximum atomic E-state index is 6.22. The number of hydrogen-bond acceptors (Lipinski definition) is 5. The Kier molecular flexibility index (Phi) is 4.92. The molecule has 0 aromatic carbocycles. The van der Waals surface area contributed by atoms with E-state index in [4.69, 9.17) is 22.1 Å². The number of aromatic nitrogens is 2. The largest absolute Gasteiger partial charge is 0.384 e. The van der Waals surface area contributed by atoms with Crippen LogP contribution in [0.1, 0.15) is 26.7 Å². The summed E-state index contributed by atoms with van der Waals surface area (Å²) in [5, 5.41) is 3.98. The summed E-state index contributed by atoms with van der Waals surface area (Å²) in [6.45, 7) is 6.00. The quantitative estimate of drug-likeness (QED) is 0.875. The second-order valence-corrected chi connectivity index (χ2v) is 7.25. The minimum absolute atomic E-state index is 0.0397. The summed E-state index contributed by atoms with van der Waals surface area (Å²) in [5.41, 5.74) is 7.30. The van der Waals surface area contributed by atoms with Gasteiger partial charge in [-0.15, -0.1) is 0 Å². The summed E-state index contributed by atoms with van der Waals surface area (Å²) in [5.74, 6) is 1.85. The van der Waals surface area contributed by atoms with E-state index in [2.05, 4.69) is 29.1 Å². The zero-order valence-corrected chi connectivity index (χ0v) is 14.8. The topological polar surface area (TPSA) is 73.1 Å². The average molecular weight is 347 g/mol. The van der Waals surface area contributed by atoms with Crippen LogP contribution in [0.2, 0.25) is 5.02 Å². The highest BCUT2D eigenvalue weighted by atomic mass is 35.5. The van der Waals surface area contributed by atoms with E-state index in [1.165, 1.54) is 0 Å². The normalized spacial score (nSPS) is 19.9. The summed E-state index contributed by atoms with van der Waals surface area (Å²) in [7, 11) is 0. The highest BCUT2D eigenvalue weighted by Gasteiger charge is 2.28. The van der Waals surface area contributed by atoms with E-state index in [9.17, 15) is 0 Å². The van der Waals surface area contributed by atoms with Gasteiger partial charge in [0.15, 0.2) is 0 Å². The summed E-state index contributed by atoms with van der Waals surface area (Å²) in [4.78, 5) is 8.64. The van der Waals surface area contributed by atoms with Crippen LogP contribution < -0.4 is 11.1 Å². The van der Waals surface area contributed by atoms with Crippen molar-refractivity contribution < 1.29 is 4.74 Å². The van der Waals surface area contributed by atoms with Crippen LogP contribution in [0.15, 0.2) is 30.5 Å². The molecule has 0 unspecified atom stereocenters. The van der Waals surface area contributed by atoms with Gasteiger partial charge in [0.05, 0.1) is 16.3 Å². The molecule has 2 aromatic heterocycles. The zero-order valence-electron chi connectivity index (χ0n) is 14.1. The van der Waals surface area contributed by atoms with Crippen molar-refractivity contribution in [2.75, 3.05) is 24.2 Å². The lowest BCUT2D eigenvalue weighted by atomic mass is 9.88. The Morgan fingerprint density at radius 1 is 1.42 bits per heavy atom.